The Balaban J connectivity index is 1.93. The van der Waals surface area contributed by atoms with Crippen LogP contribution in [-0.2, 0) is 10.3 Å². The first kappa shape index (κ1) is 22.0. The molecule has 3 rings (SSSR count). The van der Waals surface area contributed by atoms with Gasteiger partial charge in [-0.05, 0) is 43.7 Å². The van der Waals surface area contributed by atoms with Gasteiger partial charge in [0.25, 0.3) is 11.9 Å². The number of pyridine rings is 1. The third-order valence-corrected chi connectivity index (χ3v) is 4.79. The molecule has 0 bridgehead atoms. The van der Waals surface area contributed by atoms with Crippen LogP contribution in [0.4, 0.5) is 23.2 Å². The van der Waals surface area contributed by atoms with Crippen LogP contribution < -0.4 is 11.1 Å². The molecule has 0 radical (unpaired) electrons. The van der Waals surface area contributed by atoms with Gasteiger partial charge in [0.05, 0.1) is 11.1 Å². The number of benzene rings is 1. The van der Waals surface area contributed by atoms with E-state index in [-0.39, 0.29) is 22.5 Å². The molecule has 3 N–H and O–H groups in total. The van der Waals surface area contributed by atoms with Crippen molar-refractivity contribution in [3.8, 4) is 6.07 Å². The molecule has 31 heavy (non-hydrogen) atoms. The highest BCUT2D eigenvalue weighted by Crippen LogP contribution is 2.41. The Kier molecular flexibility index (Phi) is 5.59. The van der Waals surface area contributed by atoms with Crippen molar-refractivity contribution in [2.24, 2.45) is 10.7 Å². The lowest BCUT2D eigenvalue weighted by Gasteiger charge is -2.36. The van der Waals surface area contributed by atoms with Gasteiger partial charge in [-0.25, -0.2) is 14.4 Å². The molecule has 0 fully saturated rings. The van der Waals surface area contributed by atoms with E-state index in [1.807, 2.05) is 6.07 Å². The summed E-state index contributed by atoms with van der Waals surface area (Å²) in [6, 6.07) is 6.15. The number of hydrogen-bond acceptors (Lipinski definition) is 6. The number of ether oxygens (including phenoxy) is 1. The fraction of sp³-hybridized carbons (Fsp3) is 0.300. The second kappa shape index (κ2) is 7.86. The number of nitriles is 1. The minimum Gasteiger partial charge on any atom is -0.452 e. The Morgan fingerprint density at radius 1 is 1.39 bits per heavy atom. The molecule has 2 heterocycles. The second-order valence-corrected chi connectivity index (χ2v) is 7.23. The van der Waals surface area contributed by atoms with E-state index in [9.17, 15) is 22.4 Å². The number of aliphatic imine (C=N–C) groups is 1. The number of nitrogens with two attached hydrogens (primary N) is 1. The highest BCUT2D eigenvalue weighted by atomic mass is 19.4. The molecule has 2 aromatic rings. The summed E-state index contributed by atoms with van der Waals surface area (Å²) in [5, 5.41) is 11.4. The summed E-state index contributed by atoms with van der Waals surface area (Å²) in [5.74, 6) is -1.44. The molecule has 0 spiro atoms. The molecule has 1 aromatic heterocycles. The Bertz CT molecular complexity index is 1110. The maximum absolute atomic E-state index is 14.6. The van der Waals surface area contributed by atoms with Gasteiger partial charge in [0.2, 0.25) is 0 Å². The summed E-state index contributed by atoms with van der Waals surface area (Å²) in [7, 11) is 0. The molecule has 0 saturated carbocycles. The maximum atomic E-state index is 14.6. The number of amidine groups is 1. The SMILES string of the molecule is Cc1cc(C#N)cnc1C(=O)Nc1ccc(F)c([C@]2(C)C[C@@H](C(F)(F)F)OC(N)=N2)c1. The summed E-state index contributed by atoms with van der Waals surface area (Å²) >= 11 is 0. The standard InChI is InChI=1S/C20H17F4N5O2/c1-10-5-11(8-25)9-27-16(10)17(30)28-12-3-4-14(21)13(6-12)19(2)7-15(20(22,23)24)31-18(26)29-19/h3-6,9,15H,7H2,1-2H3,(H2,26,29)(H,28,30)/t15-,19-/m0/s1. The first-order valence-electron chi connectivity index (χ1n) is 9.00. The van der Waals surface area contributed by atoms with Crippen LogP contribution in [0.1, 0.15) is 40.5 Å². The van der Waals surface area contributed by atoms with Crippen molar-refractivity contribution in [2.45, 2.75) is 38.1 Å². The van der Waals surface area contributed by atoms with E-state index in [0.717, 1.165) is 6.07 Å². The zero-order valence-corrected chi connectivity index (χ0v) is 16.4. The fourth-order valence-electron chi connectivity index (χ4n) is 3.30. The average Bonchev–Trinajstić information content (AvgIpc) is 2.67. The molecule has 162 valence electrons. The lowest BCUT2D eigenvalue weighted by atomic mass is 9.85. The molecule has 1 aliphatic heterocycles. The first-order valence-corrected chi connectivity index (χ1v) is 9.00. The average molecular weight is 435 g/mol. The summed E-state index contributed by atoms with van der Waals surface area (Å²) in [6.07, 6.45) is -6.43. The molecular formula is C20H17F4N5O2. The number of carbonyl (C=O) groups is 1. The van der Waals surface area contributed by atoms with Crippen LogP contribution in [0.15, 0.2) is 35.5 Å². The maximum Gasteiger partial charge on any atom is 0.425 e. The van der Waals surface area contributed by atoms with Gasteiger partial charge in [0, 0.05) is 23.9 Å². The zero-order valence-electron chi connectivity index (χ0n) is 16.4. The minimum atomic E-state index is -4.72. The number of carbonyl (C=O) groups excluding carboxylic acids is 1. The van der Waals surface area contributed by atoms with Gasteiger partial charge in [-0.2, -0.15) is 18.4 Å². The summed E-state index contributed by atoms with van der Waals surface area (Å²) < 4.78 is 58.7. The predicted molar refractivity (Wildman–Crippen MR) is 103 cm³/mol. The van der Waals surface area contributed by atoms with Crippen LogP contribution in [0.5, 0.6) is 0 Å². The monoisotopic (exact) mass is 435 g/mol. The molecular weight excluding hydrogens is 418 g/mol. The summed E-state index contributed by atoms with van der Waals surface area (Å²) in [4.78, 5) is 20.4. The van der Waals surface area contributed by atoms with Crippen LogP contribution in [0.2, 0.25) is 0 Å². The predicted octanol–water partition coefficient (Wildman–Crippen LogP) is 3.53. The van der Waals surface area contributed by atoms with Gasteiger partial charge < -0.3 is 15.8 Å². The smallest absolute Gasteiger partial charge is 0.425 e. The van der Waals surface area contributed by atoms with Crippen molar-refractivity contribution >= 4 is 17.6 Å². The van der Waals surface area contributed by atoms with Crippen LogP contribution in [0, 0.1) is 24.1 Å². The molecule has 0 saturated heterocycles. The van der Waals surface area contributed by atoms with Crippen molar-refractivity contribution in [3.63, 3.8) is 0 Å². The number of nitrogens with one attached hydrogen (secondary N) is 1. The van der Waals surface area contributed by atoms with Crippen LogP contribution >= 0.6 is 0 Å². The number of amides is 1. The van der Waals surface area contributed by atoms with Crippen molar-refractivity contribution in [1.29, 1.82) is 5.26 Å². The number of halogens is 4. The normalized spacial score (nSPS) is 20.9. The molecule has 2 atom stereocenters. The van der Waals surface area contributed by atoms with E-state index in [1.165, 1.54) is 31.3 Å². The van der Waals surface area contributed by atoms with Crippen molar-refractivity contribution in [1.82, 2.24) is 4.98 Å². The van der Waals surface area contributed by atoms with E-state index >= 15 is 0 Å². The van der Waals surface area contributed by atoms with E-state index in [4.69, 9.17) is 11.0 Å². The minimum absolute atomic E-state index is 0.0431. The number of aromatic nitrogens is 1. The molecule has 7 nitrogen and oxygen atoms in total. The van der Waals surface area contributed by atoms with Crippen LogP contribution in [0.25, 0.3) is 0 Å². The topological polar surface area (TPSA) is 113 Å². The third-order valence-electron chi connectivity index (χ3n) is 4.79. The van der Waals surface area contributed by atoms with Crippen LogP contribution in [-0.4, -0.2) is 29.2 Å². The Hall–Kier alpha value is -3.68. The number of anilines is 1. The molecule has 0 unspecified atom stereocenters. The van der Waals surface area contributed by atoms with Gasteiger partial charge in [-0.1, -0.05) is 0 Å². The quantitative estimate of drug-likeness (QED) is 0.716. The van der Waals surface area contributed by atoms with Gasteiger partial charge in [0.1, 0.15) is 17.6 Å². The molecule has 1 aliphatic rings. The largest absolute Gasteiger partial charge is 0.452 e. The van der Waals surface area contributed by atoms with Gasteiger partial charge >= 0.3 is 6.18 Å². The highest BCUT2D eigenvalue weighted by Gasteiger charge is 2.50. The van der Waals surface area contributed by atoms with Gasteiger partial charge in [-0.15, -0.1) is 0 Å². The molecule has 0 aliphatic carbocycles. The van der Waals surface area contributed by atoms with Crippen molar-refractivity contribution in [2.75, 3.05) is 5.32 Å². The fourth-order valence-corrected chi connectivity index (χ4v) is 3.30. The number of aryl methyl sites for hydroxylation is 1. The zero-order chi connectivity index (χ0) is 23.0. The molecule has 11 heteroatoms. The summed E-state index contributed by atoms with van der Waals surface area (Å²) in [6.45, 7) is 2.90. The number of alkyl halides is 3. The Morgan fingerprint density at radius 3 is 2.71 bits per heavy atom. The Morgan fingerprint density at radius 2 is 2.10 bits per heavy atom. The first-order chi connectivity index (χ1) is 14.4. The lowest BCUT2D eigenvalue weighted by Crippen LogP contribution is -2.46. The lowest BCUT2D eigenvalue weighted by molar-refractivity contribution is -0.208. The summed E-state index contributed by atoms with van der Waals surface area (Å²) in [5.41, 5.74) is 4.46. The number of rotatable bonds is 3. The van der Waals surface area contributed by atoms with E-state index < -0.39 is 42.0 Å². The molecule has 1 aromatic carbocycles. The second-order valence-electron chi connectivity index (χ2n) is 7.23. The molecule has 1 amide bonds. The number of nitrogens with zero attached hydrogens (tertiary/aromatic N) is 3. The van der Waals surface area contributed by atoms with E-state index in [1.54, 1.807) is 6.92 Å². The Labute approximate surface area is 174 Å². The highest BCUT2D eigenvalue weighted by molar-refractivity contribution is 6.03. The van der Waals surface area contributed by atoms with Crippen LogP contribution in [0.3, 0.4) is 0 Å². The van der Waals surface area contributed by atoms with E-state index in [0.29, 0.717) is 5.56 Å². The van der Waals surface area contributed by atoms with Gasteiger partial charge in [0.15, 0.2) is 6.10 Å². The third kappa shape index (κ3) is 4.58. The number of hydrogen-bond donors (Lipinski definition) is 2. The van der Waals surface area contributed by atoms with Crippen molar-refractivity contribution < 1.29 is 27.1 Å². The van der Waals surface area contributed by atoms with Gasteiger partial charge in [-0.3, -0.25) is 4.79 Å². The van der Waals surface area contributed by atoms with E-state index in [2.05, 4.69) is 20.0 Å². The van der Waals surface area contributed by atoms with Crippen molar-refractivity contribution in [3.05, 3.63) is 58.7 Å².